The largest absolute Gasteiger partial charge is 0.445 e. The third kappa shape index (κ3) is 9.72. The van der Waals surface area contributed by atoms with E-state index in [4.69, 9.17) is 19.9 Å². The van der Waals surface area contributed by atoms with Gasteiger partial charge in [-0.2, -0.15) is 0 Å². The lowest BCUT2D eigenvalue weighted by Gasteiger charge is -2.60. The van der Waals surface area contributed by atoms with Crippen LogP contribution in [0.15, 0.2) is 30.3 Å². The molecule has 4 unspecified atom stereocenters. The summed E-state index contributed by atoms with van der Waals surface area (Å²) in [5.41, 5.74) is 5.39. The van der Waals surface area contributed by atoms with E-state index in [0.717, 1.165) is 31.2 Å². The number of nitrogens with zero attached hydrogens (tertiary/aromatic N) is 3. The Morgan fingerprint density at radius 1 is 0.911 bits per heavy atom. The van der Waals surface area contributed by atoms with Crippen molar-refractivity contribution >= 4 is 18.3 Å². The molecule has 3 amide bonds. The van der Waals surface area contributed by atoms with Crippen molar-refractivity contribution in [1.29, 1.82) is 0 Å². The predicted octanol–water partition coefficient (Wildman–Crippen LogP) is 5.39. The molecule has 11 nitrogen and oxygen atoms in total. The summed E-state index contributed by atoms with van der Waals surface area (Å²) in [5, 5.41) is 9.25. The normalized spacial score (nSPS) is 25.8. The Morgan fingerprint density at radius 3 is 1.96 bits per heavy atom. The average Bonchev–Trinajstić information content (AvgIpc) is 2.97. The van der Waals surface area contributed by atoms with Crippen molar-refractivity contribution in [2.24, 2.45) is 17.6 Å². The van der Waals surface area contributed by atoms with E-state index in [-0.39, 0.29) is 43.0 Å². The maximum atomic E-state index is 12.7. The third-order valence-electron chi connectivity index (χ3n) is 8.95. The second-order valence-corrected chi connectivity index (χ2v) is 15.0. The van der Waals surface area contributed by atoms with Crippen molar-refractivity contribution in [2.45, 2.75) is 110 Å². The standard InChI is InChI=1S/C21H30N2O4.C13H26N2O3/c1-16-13-23(19(25)26-14-17-9-6-5-7-10-17)21(16)11-8-12-22(15-21)18(24)27-20(2,3)4;1-10(8-16)13(14)6-5-7-15(9-13)11(17)18-12(2,3)4/h5-7,9-10,16H,8,11-15H2,1-4H3;10,16H,5-9,14H2,1-4H3. The highest BCUT2D eigenvalue weighted by Gasteiger charge is 2.56. The summed E-state index contributed by atoms with van der Waals surface area (Å²) in [6, 6.07) is 9.66. The monoisotopic (exact) mass is 632 g/mol. The van der Waals surface area contributed by atoms with E-state index in [0.29, 0.717) is 38.6 Å². The van der Waals surface area contributed by atoms with Gasteiger partial charge in [0, 0.05) is 44.9 Å². The van der Waals surface area contributed by atoms with Crippen molar-refractivity contribution in [1.82, 2.24) is 14.7 Å². The summed E-state index contributed by atoms with van der Waals surface area (Å²) in [4.78, 5) is 42.4. The second-order valence-electron chi connectivity index (χ2n) is 15.0. The first-order valence-electron chi connectivity index (χ1n) is 16.2. The minimum atomic E-state index is -0.527. The molecule has 11 heteroatoms. The molecular formula is C34H56N4O7. The molecule has 0 aliphatic carbocycles. The molecule has 254 valence electrons. The Balaban J connectivity index is 0.000000268. The van der Waals surface area contributed by atoms with Gasteiger partial charge in [0.2, 0.25) is 0 Å². The van der Waals surface area contributed by atoms with Crippen LogP contribution in [0.2, 0.25) is 0 Å². The van der Waals surface area contributed by atoms with Crippen molar-refractivity contribution in [2.75, 3.05) is 39.3 Å². The Labute approximate surface area is 269 Å². The molecule has 4 rings (SSSR count). The zero-order chi connectivity index (χ0) is 33.6. The number of aliphatic hydroxyl groups excluding tert-OH is 1. The molecule has 45 heavy (non-hydrogen) atoms. The molecule has 0 aromatic heterocycles. The first-order valence-corrected chi connectivity index (χ1v) is 16.2. The van der Waals surface area contributed by atoms with Gasteiger partial charge in [-0.25, -0.2) is 14.4 Å². The molecule has 0 radical (unpaired) electrons. The first kappa shape index (κ1) is 36.4. The summed E-state index contributed by atoms with van der Waals surface area (Å²) in [7, 11) is 0. The van der Waals surface area contributed by atoms with Gasteiger partial charge in [-0.05, 0) is 84.6 Å². The molecule has 3 heterocycles. The number of hydrogen-bond donors (Lipinski definition) is 2. The van der Waals surface area contributed by atoms with Crippen LogP contribution in [0.1, 0.15) is 86.6 Å². The molecule has 0 bridgehead atoms. The average molecular weight is 633 g/mol. The number of likely N-dealkylation sites (tertiary alicyclic amines) is 3. The van der Waals surface area contributed by atoms with Crippen molar-refractivity contribution < 1.29 is 33.7 Å². The van der Waals surface area contributed by atoms with Gasteiger partial charge in [0.15, 0.2) is 0 Å². The number of amides is 3. The lowest BCUT2D eigenvalue weighted by Crippen LogP contribution is -2.73. The van der Waals surface area contributed by atoms with Crippen molar-refractivity contribution in [3.8, 4) is 0 Å². The van der Waals surface area contributed by atoms with Crippen molar-refractivity contribution in [3.05, 3.63) is 35.9 Å². The number of carbonyl (C=O) groups excluding carboxylic acids is 3. The van der Waals surface area contributed by atoms with Crippen LogP contribution in [-0.2, 0) is 20.8 Å². The molecule has 1 aromatic carbocycles. The van der Waals surface area contributed by atoms with E-state index in [1.807, 2.05) is 78.8 Å². The number of hydrogen-bond acceptors (Lipinski definition) is 8. The fourth-order valence-electron chi connectivity index (χ4n) is 6.18. The third-order valence-corrected chi connectivity index (χ3v) is 8.95. The zero-order valence-electron chi connectivity index (χ0n) is 28.6. The van der Waals surface area contributed by atoms with E-state index in [2.05, 4.69) is 6.92 Å². The summed E-state index contributed by atoms with van der Waals surface area (Å²) in [6.07, 6.45) is 2.48. The van der Waals surface area contributed by atoms with E-state index < -0.39 is 16.7 Å². The Hall–Kier alpha value is -3.05. The van der Waals surface area contributed by atoms with Crippen LogP contribution in [0.5, 0.6) is 0 Å². The minimum absolute atomic E-state index is 0.0252. The van der Waals surface area contributed by atoms with E-state index in [9.17, 15) is 19.5 Å². The number of ether oxygens (including phenoxy) is 3. The van der Waals surface area contributed by atoms with Crippen LogP contribution in [0.25, 0.3) is 0 Å². The van der Waals surface area contributed by atoms with Gasteiger partial charge < -0.3 is 39.8 Å². The van der Waals surface area contributed by atoms with E-state index in [1.54, 1.807) is 14.7 Å². The van der Waals surface area contributed by atoms with Gasteiger partial charge >= 0.3 is 18.3 Å². The molecule has 3 aliphatic heterocycles. The number of benzene rings is 1. The quantitative estimate of drug-likeness (QED) is 0.422. The molecule has 0 saturated carbocycles. The van der Waals surface area contributed by atoms with E-state index >= 15 is 0 Å². The van der Waals surface area contributed by atoms with Crippen molar-refractivity contribution in [3.63, 3.8) is 0 Å². The van der Waals surface area contributed by atoms with Crippen LogP contribution < -0.4 is 5.73 Å². The van der Waals surface area contributed by atoms with Gasteiger partial charge in [0.25, 0.3) is 0 Å². The fourth-order valence-corrected chi connectivity index (χ4v) is 6.18. The summed E-state index contributed by atoms with van der Waals surface area (Å²) >= 11 is 0. The van der Waals surface area contributed by atoms with Gasteiger partial charge in [0.1, 0.15) is 17.8 Å². The molecule has 1 aromatic rings. The van der Waals surface area contributed by atoms with Gasteiger partial charge in [-0.1, -0.05) is 44.2 Å². The first-order chi connectivity index (χ1) is 20.9. The maximum absolute atomic E-state index is 12.7. The second kappa shape index (κ2) is 14.6. The highest BCUT2D eigenvalue weighted by Crippen LogP contribution is 2.44. The van der Waals surface area contributed by atoms with Gasteiger partial charge in [-0.3, -0.25) is 0 Å². The molecule has 4 atom stereocenters. The molecule has 3 N–H and O–H groups in total. The zero-order valence-corrected chi connectivity index (χ0v) is 28.6. The van der Waals surface area contributed by atoms with Gasteiger partial charge in [0.05, 0.1) is 5.54 Å². The molecular weight excluding hydrogens is 576 g/mol. The number of rotatable bonds is 4. The Kier molecular flexibility index (Phi) is 11.8. The number of carbonyl (C=O) groups is 3. The summed E-state index contributed by atoms with van der Waals surface area (Å²) in [6.45, 7) is 18.4. The van der Waals surface area contributed by atoms with Crippen LogP contribution in [0.4, 0.5) is 14.4 Å². The molecule has 3 saturated heterocycles. The maximum Gasteiger partial charge on any atom is 0.410 e. The number of aliphatic hydroxyl groups is 1. The molecule has 3 aliphatic rings. The van der Waals surface area contributed by atoms with Crippen LogP contribution in [0, 0.1) is 11.8 Å². The smallest absolute Gasteiger partial charge is 0.410 e. The van der Waals surface area contributed by atoms with Crippen LogP contribution in [-0.4, -0.2) is 99.7 Å². The van der Waals surface area contributed by atoms with Crippen LogP contribution >= 0.6 is 0 Å². The minimum Gasteiger partial charge on any atom is -0.445 e. The lowest BCUT2D eigenvalue weighted by atomic mass is 9.70. The highest BCUT2D eigenvalue weighted by molar-refractivity contribution is 5.72. The molecule has 3 fully saturated rings. The van der Waals surface area contributed by atoms with E-state index in [1.165, 1.54) is 0 Å². The number of nitrogens with two attached hydrogens (primary N) is 1. The highest BCUT2D eigenvalue weighted by atomic mass is 16.6. The summed E-state index contributed by atoms with van der Waals surface area (Å²) in [5.74, 6) is 0.301. The fraction of sp³-hybridized carbons (Fsp3) is 0.735. The van der Waals surface area contributed by atoms with Crippen LogP contribution in [0.3, 0.4) is 0 Å². The topological polar surface area (TPSA) is 135 Å². The number of piperidine rings is 2. The predicted molar refractivity (Wildman–Crippen MR) is 172 cm³/mol. The van der Waals surface area contributed by atoms with Gasteiger partial charge in [-0.15, -0.1) is 0 Å². The lowest BCUT2D eigenvalue weighted by molar-refractivity contribution is -0.101. The Morgan fingerprint density at radius 2 is 1.44 bits per heavy atom. The molecule has 1 spiro atoms. The SMILES string of the molecule is CC(CO)C1(N)CCCN(C(=O)OC(C)(C)C)C1.CC1CN(C(=O)OCc2ccccc2)C12CCCN(C(=O)OC(C)(C)C)C2. The summed E-state index contributed by atoms with van der Waals surface area (Å²) < 4.78 is 16.4. The Bertz CT molecular complexity index is 1150.